The molecule has 0 aliphatic carbocycles. The van der Waals surface area contributed by atoms with Gasteiger partial charge in [0.15, 0.2) is 0 Å². The molecular formula is C13H17NO2S. The third kappa shape index (κ3) is 4.61. The van der Waals surface area contributed by atoms with E-state index in [9.17, 15) is 9.59 Å². The molecule has 0 aliphatic rings. The molecule has 0 heterocycles. The standard InChI is InChI=1S/C13H17NO2S/c1-9(8-11-6-4-3-5-7-11)12(15)14-10(2)13(16)17/h3-7,9-10H,8H2,1-2H3,(H,14,15)(H,16,17)/t9-,10-/m0/s1. The molecule has 1 N–H and O–H groups in total. The van der Waals surface area contributed by atoms with E-state index >= 15 is 0 Å². The number of nitrogens with one attached hydrogen (secondary N) is 1. The first-order chi connectivity index (χ1) is 8.00. The minimum atomic E-state index is -0.538. The summed E-state index contributed by atoms with van der Waals surface area (Å²) in [5.74, 6) is -0.281. The number of carbonyl (C=O) groups is 2. The Balaban J connectivity index is 2.50. The van der Waals surface area contributed by atoms with Crippen molar-refractivity contribution in [3.63, 3.8) is 0 Å². The zero-order valence-electron chi connectivity index (χ0n) is 10.0. The second-order valence-electron chi connectivity index (χ2n) is 4.16. The van der Waals surface area contributed by atoms with Gasteiger partial charge in [0.2, 0.25) is 11.0 Å². The number of benzene rings is 1. The highest BCUT2D eigenvalue weighted by molar-refractivity contribution is 7.96. The van der Waals surface area contributed by atoms with Crippen LogP contribution in [0.2, 0.25) is 0 Å². The second-order valence-corrected chi connectivity index (χ2v) is 4.60. The lowest BCUT2D eigenvalue weighted by Crippen LogP contribution is -2.40. The van der Waals surface area contributed by atoms with Crippen LogP contribution in [0.5, 0.6) is 0 Å². The maximum atomic E-state index is 11.8. The van der Waals surface area contributed by atoms with Crippen LogP contribution in [0.1, 0.15) is 19.4 Å². The fraction of sp³-hybridized carbons (Fsp3) is 0.385. The lowest BCUT2D eigenvalue weighted by molar-refractivity contribution is -0.127. The summed E-state index contributed by atoms with van der Waals surface area (Å²) in [6.45, 7) is 3.47. The molecule has 92 valence electrons. The number of thiol groups is 1. The first-order valence-corrected chi connectivity index (χ1v) is 6.02. The summed E-state index contributed by atoms with van der Waals surface area (Å²) in [4.78, 5) is 22.7. The smallest absolute Gasteiger partial charge is 0.223 e. The quantitative estimate of drug-likeness (QED) is 0.784. The normalized spacial score (nSPS) is 13.8. The van der Waals surface area contributed by atoms with E-state index in [0.29, 0.717) is 6.42 Å². The zero-order valence-corrected chi connectivity index (χ0v) is 10.9. The summed E-state index contributed by atoms with van der Waals surface area (Å²) in [6, 6.07) is 9.26. The molecule has 3 nitrogen and oxygen atoms in total. The highest BCUT2D eigenvalue weighted by atomic mass is 32.1. The fourth-order valence-corrected chi connectivity index (χ4v) is 1.54. The van der Waals surface area contributed by atoms with Crippen LogP contribution in [0.15, 0.2) is 30.3 Å². The minimum absolute atomic E-state index is 0.122. The van der Waals surface area contributed by atoms with Gasteiger partial charge in [0.1, 0.15) is 0 Å². The van der Waals surface area contributed by atoms with E-state index in [1.807, 2.05) is 37.3 Å². The molecule has 1 amide bonds. The highest BCUT2D eigenvalue weighted by Gasteiger charge is 2.17. The Kier molecular flexibility index (Phi) is 5.22. The van der Waals surface area contributed by atoms with Crippen LogP contribution in [0, 0.1) is 5.92 Å². The van der Waals surface area contributed by atoms with Gasteiger partial charge < -0.3 is 5.32 Å². The van der Waals surface area contributed by atoms with Crippen LogP contribution >= 0.6 is 12.6 Å². The third-order valence-corrected chi connectivity index (χ3v) is 2.95. The Morgan fingerprint density at radius 2 is 1.82 bits per heavy atom. The molecule has 17 heavy (non-hydrogen) atoms. The highest BCUT2D eigenvalue weighted by Crippen LogP contribution is 2.08. The van der Waals surface area contributed by atoms with E-state index in [1.165, 1.54) is 0 Å². The van der Waals surface area contributed by atoms with Crippen molar-refractivity contribution in [2.24, 2.45) is 5.92 Å². The van der Waals surface area contributed by atoms with Gasteiger partial charge in [0, 0.05) is 5.92 Å². The summed E-state index contributed by atoms with van der Waals surface area (Å²) in [5.41, 5.74) is 1.11. The summed E-state index contributed by atoms with van der Waals surface area (Å²) in [7, 11) is 0. The van der Waals surface area contributed by atoms with Crippen molar-refractivity contribution in [3.05, 3.63) is 35.9 Å². The van der Waals surface area contributed by atoms with Crippen LogP contribution < -0.4 is 5.32 Å². The molecule has 0 spiro atoms. The summed E-state index contributed by atoms with van der Waals surface area (Å²) >= 11 is 3.68. The van der Waals surface area contributed by atoms with Crippen molar-refractivity contribution >= 4 is 23.7 Å². The van der Waals surface area contributed by atoms with Gasteiger partial charge >= 0.3 is 0 Å². The van der Waals surface area contributed by atoms with E-state index in [2.05, 4.69) is 17.9 Å². The molecule has 1 aromatic carbocycles. The van der Waals surface area contributed by atoms with Gasteiger partial charge in [-0.05, 0) is 18.9 Å². The molecule has 0 aliphatic heterocycles. The Bertz CT molecular complexity index is 392. The van der Waals surface area contributed by atoms with Crippen LogP contribution in [0.25, 0.3) is 0 Å². The molecular weight excluding hydrogens is 234 g/mol. The van der Waals surface area contributed by atoms with Gasteiger partial charge in [-0.25, -0.2) is 0 Å². The predicted octanol–water partition coefficient (Wildman–Crippen LogP) is 1.83. The van der Waals surface area contributed by atoms with Crippen molar-refractivity contribution in [1.82, 2.24) is 5.32 Å². The van der Waals surface area contributed by atoms with E-state index in [-0.39, 0.29) is 16.9 Å². The Morgan fingerprint density at radius 1 is 1.24 bits per heavy atom. The first kappa shape index (κ1) is 13.8. The van der Waals surface area contributed by atoms with E-state index in [4.69, 9.17) is 0 Å². The van der Waals surface area contributed by atoms with Crippen LogP contribution in [0.3, 0.4) is 0 Å². The first-order valence-electron chi connectivity index (χ1n) is 5.58. The molecule has 0 aromatic heterocycles. The average molecular weight is 251 g/mol. The van der Waals surface area contributed by atoms with E-state index in [0.717, 1.165) is 5.56 Å². The minimum Gasteiger partial charge on any atom is -0.345 e. The Labute approximate surface area is 107 Å². The van der Waals surface area contributed by atoms with Crippen molar-refractivity contribution in [2.75, 3.05) is 0 Å². The predicted molar refractivity (Wildman–Crippen MR) is 70.9 cm³/mol. The average Bonchev–Trinajstić information content (AvgIpc) is 2.29. The summed E-state index contributed by atoms with van der Waals surface area (Å²) in [6.07, 6.45) is 0.667. The lowest BCUT2D eigenvalue weighted by atomic mass is 10.0. The van der Waals surface area contributed by atoms with Crippen molar-refractivity contribution in [1.29, 1.82) is 0 Å². The molecule has 1 rings (SSSR count). The van der Waals surface area contributed by atoms with Crippen molar-refractivity contribution in [2.45, 2.75) is 26.3 Å². The van der Waals surface area contributed by atoms with Gasteiger partial charge in [0.25, 0.3) is 0 Å². The van der Waals surface area contributed by atoms with Gasteiger partial charge in [-0.15, -0.1) is 12.6 Å². The molecule has 0 unspecified atom stereocenters. The molecule has 0 saturated heterocycles. The number of hydrogen-bond donors (Lipinski definition) is 2. The summed E-state index contributed by atoms with van der Waals surface area (Å²) < 4.78 is 0. The maximum absolute atomic E-state index is 11.8. The Morgan fingerprint density at radius 3 is 2.35 bits per heavy atom. The monoisotopic (exact) mass is 251 g/mol. The van der Waals surface area contributed by atoms with Gasteiger partial charge in [0.05, 0.1) is 6.04 Å². The number of hydrogen-bond acceptors (Lipinski definition) is 2. The van der Waals surface area contributed by atoms with Crippen LogP contribution in [-0.2, 0) is 16.0 Å². The molecule has 4 heteroatoms. The largest absolute Gasteiger partial charge is 0.345 e. The number of carbonyl (C=O) groups excluding carboxylic acids is 2. The molecule has 0 radical (unpaired) electrons. The van der Waals surface area contributed by atoms with Gasteiger partial charge in [-0.3, -0.25) is 9.59 Å². The van der Waals surface area contributed by atoms with Gasteiger partial charge in [-0.1, -0.05) is 37.3 Å². The molecule has 2 atom stereocenters. The van der Waals surface area contributed by atoms with Crippen molar-refractivity contribution in [3.8, 4) is 0 Å². The van der Waals surface area contributed by atoms with Gasteiger partial charge in [-0.2, -0.15) is 0 Å². The lowest BCUT2D eigenvalue weighted by Gasteiger charge is -2.15. The summed E-state index contributed by atoms with van der Waals surface area (Å²) in [5, 5.41) is 2.31. The zero-order chi connectivity index (χ0) is 12.8. The number of amides is 1. The molecule has 0 bridgehead atoms. The number of rotatable bonds is 5. The van der Waals surface area contributed by atoms with E-state index < -0.39 is 6.04 Å². The SMILES string of the molecule is C[C@H](NC(=O)[C@@H](C)Cc1ccccc1)C(=O)S. The fourth-order valence-electron chi connectivity index (χ4n) is 1.48. The van der Waals surface area contributed by atoms with E-state index in [1.54, 1.807) is 6.92 Å². The van der Waals surface area contributed by atoms with Crippen LogP contribution in [-0.4, -0.2) is 17.1 Å². The molecule has 0 fully saturated rings. The Hall–Kier alpha value is -1.29. The maximum Gasteiger partial charge on any atom is 0.223 e. The second kappa shape index (κ2) is 6.45. The van der Waals surface area contributed by atoms with Crippen molar-refractivity contribution < 1.29 is 9.59 Å². The topological polar surface area (TPSA) is 46.2 Å². The molecule has 0 saturated carbocycles. The molecule has 1 aromatic rings. The third-order valence-electron chi connectivity index (χ3n) is 2.56. The van der Waals surface area contributed by atoms with Crippen LogP contribution in [0.4, 0.5) is 0 Å².